The van der Waals surface area contributed by atoms with Crippen molar-refractivity contribution in [2.75, 3.05) is 5.32 Å². The van der Waals surface area contributed by atoms with Crippen LogP contribution in [0.1, 0.15) is 10.4 Å². The molecule has 104 valence electrons. The van der Waals surface area contributed by atoms with E-state index in [4.69, 9.17) is 4.52 Å². The van der Waals surface area contributed by atoms with Crippen LogP contribution in [0.15, 0.2) is 63.9 Å². The summed E-state index contributed by atoms with van der Waals surface area (Å²) < 4.78 is 6.06. The van der Waals surface area contributed by atoms with Gasteiger partial charge in [0.05, 0.1) is 0 Å². The summed E-state index contributed by atoms with van der Waals surface area (Å²) in [5.74, 6) is 0.0230. The first kappa shape index (κ1) is 13.5. The molecule has 0 atom stereocenters. The third-order valence-corrected chi connectivity index (χ3v) is 3.53. The molecule has 0 spiro atoms. The van der Waals surface area contributed by atoms with Gasteiger partial charge in [0.25, 0.3) is 5.91 Å². The molecule has 2 aromatic heterocycles. The number of halogens is 1. The minimum absolute atomic E-state index is 0.271. The van der Waals surface area contributed by atoms with Crippen molar-refractivity contribution in [3.63, 3.8) is 0 Å². The maximum Gasteiger partial charge on any atom is 0.258 e. The third-order valence-electron chi connectivity index (χ3n) is 2.84. The molecule has 0 aliphatic rings. The fourth-order valence-electron chi connectivity index (χ4n) is 1.82. The zero-order chi connectivity index (χ0) is 14.7. The van der Waals surface area contributed by atoms with Gasteiger partial charge < -0.3 is 4.52 Å². The van der Waals surface area contributed by atoms with Gasteiger partial charge in [0.15, 0.2) is 0 Å². The molecule has 0 aliphatic carbocycles. The monoisotopic (exact) mass is 343 g/mol. The minimum atomic E-state index is -0.271. The lowest BCUT2D eigenvalue weighted by Gasteiger charge is -1.99. The van der Waals surface area contributed by atoms with Crippen molar-refractivity contribution in [1.82, 2.24) is 10.1 Å². The average molecular weight is 344 g/mol. The van der Waals surface area contributed by atoms with Gasteiger partial charge in [-0.25, -0.2) is 0 Å². The van der Waals surface area contributed by atoms with Gasteiger partial charge in [0.1, 0.15) is 5.69 Å². The Bertz CT molecular complexity index is 771. The number of rotatable bonds is 3. The Labute approximate surface area is 129 Å². The molecule has 0 bridgehead atoms. The molecule has 1 amide bonds. The van der Waals surface area contributed by atoms with Gasteiger partial charge in [-0.3, -0.25) is 15.1 Å². The summed E-state index contributed by atoms with van der Waals surface area (Å²) in [4.78, 5) is 15.9. The van der Waals surface area contributed by atoms with E-state index in [9.17, 15) is 4.79 Å². The van der Waals surface area contributed by atoms with E-state index in [-0.39, 0.29) is 5.91 Å². The van der Waals surface area contributed by atoms with Crippen molar-refractivity contribution >= 4 is 27.7 Å². The van der Waals surface area contributed by atoms with Crippen molar-refractivity contribution in [1.29, 1.82) is 0 Å². The molecule has 0 saturated heterocycles. The van der Waals surface area contributed by atoms with E-state index in [0.29, 0.717) is 17.1 Å². The van der Waals surface area contributed by atoms with E-state index in [2.05, 4.69) is 31.4 Å². The SMILES string of the molecule is O=C(Nc1cc(-c2ccccc2Br)no1)c1ccncc1. The summed E-state index contributed by atoms with van der Waals surface area (Å²) in [6.45, 7) is 0. The topological polar surface area (TPSA) is 68.0 Å². The molecule has 5 nitrogen and oxygen atoms in total. The summed E-state index contributed by atoms with van der Waals surface area (Å²) in [6, 6.07) is 12.6. The maximum atomic E-state index is 12.0. The zero-order valence-electron chi connectivity index (χ0n) is 10.8. The summed E-state index contributed by atoms with van der Waals surface area (Å²) >= 11 is 3.45. The Morgan fingerprint density at radius 3 is 2.67 bits per heavy atom. The number of carbonyl (C=O) groups excluding carboxylic acids is 1. The van der Waals surface area contributed by atoms with Crippen molar-refractivity contribution in [2.45, 2.75) is 0 Å². The van der Waals surface area contributed by atoms with E-state index in [1.54, 1.807) is 30.6 Å². The molecule has 3 aromatic rings. The highest BCUT2D eigenvalue weighted by molar-refractivity contribution is 9.10. The molecule has 0 saturated carbocycles. The van der Waals surface area contributed by atoms with Gasteiger partial charge in [0, 0.05) is 34.1 Å². The van der Waals surface area contributed by atoms with Gasteiger partial charge in [-0.2, -0.15) is 0 Å². The fourth-order valence-corrected chi connectivity index (χ4v) is 2.31. The fraction of sp³-hybridized carbons (Fsp3) is 0. The van der Waals surface area contributed by atoms with Crippen LogP contribution >= 0.6 is 15.9 Å². The molecule has 3 rings (SSSR count). The highest BCUT2D eigenvalue weighted by Gasteiger charge is 2.12. The van der Waals surface area contributed by atoms with E-state index < -0.39 is 0 Å². The van der Waals surface area contributed by atoms with Crippen molar-refractivity contribution < 1.29 is 9.32 Å². The maximum absolute atomic E-state index is 12.0. The molecular formula is C15H10BrN3O2. The number of nitrogens with zero attached hydrogens (tertiary/aromatic N) is 2. The van der Waals surface area contributed by atoms with Gasteiger partial charge in [-0.1, -0.05) is 39.3 Å². The average Bonchev–Trinajstić information content (AvgIpc) is 2.97. The number of hydrogen-bond acceptors (Lipinski definition) is 4. The Kier molecular flexibility index (Phi) is 3.79. The van der Waals surface area contributed by atoms with Crippen LogP contribution in [-0.4, -0.2) is 16.0 Å². The summed E-state index contributed by atoms with van der Waals surface area (Å²) in [7, 11) is 0. The van der Waals surface area contributed by atoms with Crippen molar-refractivity contribution in [3.8, 4) is 11.3 Å². The van der Waals surface area contributed by atoms with E-state index in [0.717, 1.165) is 10.0 Å². The van der Waals surface area contributed by atoms with Gasteiger partial charge in [-0.15, -0.1) is 0 Å². The molecule has 0 fully saturated rings. The van der Waals surface area contributed by atoms with Crippen molar-refractivity contribution in [3.05, 3.63) is 64.9 Å². The third kappa shape index (κ3) is 3.00. The second-order valence-electron chi connectivity index (χ2n) is 4.25. The van der Waals surface area contributed by atoms with Gasteiger partial charge >= 0.3 is 0 Å². The van der Waals surface area contributed by atoms with E-state index in [1.165, 1.54) is 0 Å². The standard InChI is InChI=1S/C15H10BrN3O2/c16-12-4-2-1-3-11(12)13-9-14(21-19-13)18-15(20)10-5-7-17-8-6-10/h1-9H,(H,18,20). The first-order valence-electron chi connectivity index (χ1n) is 6.17. The van der Waals surface area contributed by atoms with E-state index >= 15 is 0 Å². The van der Waals surface area contributed by atoms with Gasteiger partial charge in [-0.05, 0) is 18.2 Å². The Morgan fingerprint density at radius 1 is 1.14 bits per heavy atom. The second-order valence-corrected chi connectivity index (χ2v) is 5.10. The summed E-state index contributed by atoms with van der Waals surface area (Å²) in [5.41, 5.74) is 2.04. The first-order valence-corrected chi connectivity index (χ1v) is 6.96. The highest BCUT2D eigenvalue weighted by Crippen LogP contribution is 2.28. The Morgan fingerprint density at radius 2 is 1.90 bits per heavy atom. The predicted molar refractivity (Wildman–Crippen MR) is 81.8 cm³/mol. The highest BCUT2D eigenvalue weighted by atomic mass is 79.9. The molecule has 0 radical (unpaired) electrons. The molecular weight excluding hydrogens is 334 g/mol. The normalized spacial score (nSPS) is 10.3. The van der Waals surface area contributed by atoms with Gasteiger partial charge in [0.2, 0.25) is 5.88 Å². The Hall–Kier alpha value is -2.47. The van der Waals surface area contributed by atoms with Crippen LogP contribution in [0, 0.1) is 0 Å². The smallest absolute Gasteiger partial charge is 0.258 e. The molecule has 1 aromatic carbocycles. The molecule has 6 heteroatoms. The number of aromatic nitrogens is 2. The van der Waals surface area contributed by atoms with Crippen molar-refractivity contribution in [2.24, 2.45) is 0 Å². The lowest BCUT2D eigenvalue weighted by Crippen LogP contribution is -2.11. The number of anilines is 1. The van der Waals surface area contributed by atoms with Crippen LogP contribution < -0.4 is 5.32 Å². The number of nitrogens with one attached hydrogen (secondary N) is 1. The summed E-state index contributed by atoms with van der Waals surface area (Å²) in [6.07, 6.45) is 3.11. The van der Waals surface area contributed by atoms with Crippen LogP contribution in [0.5, 0.6) is 0 Å². The molecule has 1 N–H and O–H groups in total. The second kappa shape index (κ2) is 5.88. The molecule has 0 unspecified atom stereocenters. The van der Waals surface area contributed by atoms with Crippen LogP contribution in [0.2, 0.25) is 0 Å². The van der Waals surface area contributed by atoms with Crippen LogP contribution in [0.3, 0.4) is 0 Å². The zero-order valence-corrected chi connectivity index (χ0v) is 12.4. The number of benzene rings is 1. The number of pyridine rings is 1. The number of hydrogen-bond donors (Lipinski definition) is 1. The lowest BCUT2D eigenvalue weighted by atomic mass is 10.1. The Balaban J connectivity index is 1.80. The lowest BCUT2D eigenvalue weighted by molar-refractivity contribution is 0.102. The predicted octanol–water partition coefficient (Wildman–Crippen LogP) is 3.75. The molecule has 21 heavy (non-hydrogen) atoms. The first-order chi connectivity index (χ1) is 10.2. The van der Waals surface area contributed by atoms with Crippen LogP contribution in [0.4, 0.5) is 5.88 Å². The van der Waals surface area contributed by atoms with Crippen LogP contribution in [0.25, 0.3) is 11.3 Å². The van der Waals surface area contributed by atoms with E-state index in [1.807, 2.05) is 24.3 Å². The largest absolute Gasteiger partial charge is 0.338 e. The molecule has 2 heterocycles. The molecule has 0 aliphatic heterocycles. The van der Waals surface area contributed by atoms with Crippen LogP contribution in [-0.2, 0) is 0 Å². The number of amides is 1. The quantitative estimate of drug-likeness (QED) is 0.786. The minimum Gasteiger partial charge on any atom is -0.338 e. The number of carbonyl (C=O) groups is 1. The summed E-state index contributed by atoms with van der Waals surface area (Å²) in [5, 5.41) is 6.62.